The third-order valence-electron chi connectivity index (χ3n) is 4.95. The average Bonchev–Trinajstić information content (AvgIpc) is 3.11. The van der Waals surface area contributed by atoms with Crippen molar-refractivity contribution in [2.24, 2.45) is 5.92 Å². The van der Waals surface area contributed by atoms with Crippen LogP contribution in [0.2, 0.25) is 0 Å². The number of halogens is 1. The van der Waals surface area contributed by atoms with Crippen LogP contribution in [0.1, 0.15) is 44.0 Å². The number of benzene rings is 1. The van der Waals surface area contributed by atoms with Crippen molar-refractivity contribution in [2.45, 2.75) is 57.5 Å². The second-order valence-corrected chi connectivity index (χ2v) is 9.78. The van der Waals surface area contributed by atoms with Gasteiger partial charge in [0.25, 0.3) is 0 Å². The minimum atomic E-state index is -3.69. The highest BCUT2D eigenvalue weighted by molar-refractivity contribution is 7.89. The lowest BCUT2D eigenvalue weighted by Gasteiger charge is -2.31. The number of hydrogen-bond acceptors (Lipinski definition) is 6. The summed E-state index contributed by atoms with van der Waals surface area (Å²) in [7, 11) is -3.69. The second kappa shape index (κ2) is 9.32. The molecule has 0 aliphatic carbocycles. The molecule has 0 radical (unpaired) electrons. The first-order chi connectivity index (χ1) is 13.8. The monoisotopic (exact) mass is 425 g/mol. The second-order valence-electron chi connectivity index (χ2n) is 7.84. The smallest absolute Gasteiger partial charge is 0.243 e. The van der Waals surface area contributed by atoms with Gasteiger partial charge >= 0.3 is 0 Å². The zero-order chi connectivity index (χ0) is 21.0. The maximum atomic E-state index is 13.8. The van der Waals surface area contributed by atoms with Crippen LogP contribution < -0.4 is 0 Å². The van der Waals surface area contributed by atoms with Crippen molar-refractivity contribution in [3.8, 4) is 0 Å². The lowest BCUT2D eigenvalue weighted by molar-refractivity contribution is 0.0222. The van der Waals surface area contributed by atoms with E-state index in [-0.39, 0.29) is 11.0 Å². The number of nitrogens with zero attached hydrogens (tertiary/aromatic N) is 3. The number of aromatic nitrogens is 2. The molecule has 0 spiro atoms. The molecule has 1 aromatic carbocycles. The Kier molecular flexibility index (Phi) is 7.02. The molecule has 0 amide bonds. The molecule has 0 unspecified atom stereocenters. The van der Waals surface area contributed by atoms with Gasteiger partial charge in [-0.3, -0.25) is 0 Å². The van der Waals surface area contributed by atoms with E-state index in [1.165, 1.54) is 16.4 Å². The van der Waals surface area contributed by atoms with Crippen molar-refractivity contribution < 1.29 is 22.1 Å². The third kappa shape index (κ3) is 5.61. The lowest BCUT2D eigenvalue weighted by Crippen LogP contribution is -2.41. The van der Waals surface area contributed by atoms with Crippen molar-refractivity contribution in [1.82, 2.24) is 14.4 Å². The topological polar surface area (TPSA) is 85.5 Å². The molecule has 0 bridgehead atoms. The van der Waals surface area contributed by atoms with Gasteiger partial charge in [-0.15, -0.1) is 0 Å². The van der Waals surface area contributed by atoms with Crippen molar-refractivity contribution in [2.75, 3.05) is 19.7 Å². The predicted molar refractivity (Wildman–Crippen MR) is 105 cm³/mol. The zero-order valence-corrected chi connectivity index (χ0v) is 17.9. The van der Waals surface area contributed by atoms with Crippen LogP contribution in [-0.2, 0) is 27.6 Å². The predicted octanol–water partition coefficient (Wildman–Crippen LogP) is 3.13. The maximum absolute atomic E-state index is 13.8. The van der Waals surface area contributed by atoms with Crippen LogP contribution >= 0.6 is 0 Å². The van der Waals surface area contributed by atoms with Gasteiger partial charge in [0, 0.05) is 25.9 Å². The van der Waals surface area contributed by atoms with Crippen molar-refractivity contribution in [1.29, 1.82) is 0 Å². The molecule has 0 N–H and O–H groups in total. The number of piperidine rings is 1. The minimum absolute atomic E-state index is 0.00530. The average molecular weight is 426 g/mol. The zero-order valence-electron chi connectivity index (χ0n) is 17.1. The molecule has 2 aromatic rings. The first kappa shape index (κ1) is 21.9. The Balaban J connectivity index is 1.46. The number of hydrogen-bond donors (Lipinski definition) is 0. The van der Waals surface area contributed by atoms with Crippen molar-refractivity contribution >= 4 is 10.0 Å². The Morgan fingerprint density at radius 3 is 2.69 bits per heavy atom. The van der Waals surface area contributed by atoms with E-state index in [9.17, 15) is 12.8 Å². The van der Waals surface area contributed by atoms with Gasteiger partial charge < -0.3 is 9.26 Å². The fraction of sp³-hybridized carbons (Fsp3) is 0.600. The Hall–Kier alpha value is -1.84. The van der Waals surface area contributed by atoms with E-state index in [1.54, 1.807) is 6.92 Å². The summed E-state index contributed by atoms with van der Waals surface area (Å²) in [6.07, 6.45) is 2.49. The van der Waals surface area contributed by atoms with Crippen LogP contribution in [0.25, 0.3) is 0 Å². The van der Waals surface area contributed by atoms with Gasteiger partial charge in [-0.1, -0.05) is 25.1 Å². The number of sulfonamides is 1. The highest BCUT2D eigenvalue weighted by atomic mass is 32.2. The fourth-order valence-corrected chi connectivity index (χ4v) is 4.75. The molecular formula is C20H28FN3O4S. The lowest BCUT2D eigenvalue weighted by atomic mass is 10.1. The largest absolute Gasteiger partial charge is 0.378 e. The summed E-state index contributed by atoms with van der Waals surface area (Å²) in [5.41, 5.74) is 0.425. The van der Waals surface area contributed by atoms with E-state index in [4.69, 9.17) is 9.26 Å². The van der Waals surface area contributed by atoms with Crippen molar-refractivity contribution in [3.63, 3.8) is 0 Å². The van der Waals surface area contributed by atoms with Crippen LogP contribution in [0.4, 0.5) is 4.39 Å². The highest BCUT2D eigenvalue weighted by Gasteiger charge is 2.30. The SMILES string of the molecule is Cc1ccc(S(=O)(=O)N2CCC(OCCc3noc(CC(C)C)n3)CC2)cc1F. The molecule has 29 heavy (non-hydrogen) atoms. The molecule has 9 heteroatoms. The molecule has 1 aliphatic heterocycles. The minimum Gasteiger partial charge on any atom is -0.378 e. The van der Waals surface area contributed by atoms with Gasteiger partial charge in [0.15, 0.2) is 5.82 Å². The molecule has 3 rings (SSSR count). The van der Waals surface area contributed by atoms with Gasteiger partial charge in [-0.05, 0) is 43.4 Å². The van der Waals surface area contributed by atoms with E-state index in [0.717, 1.165) is 12.5 Å². The van der Waals surface area contributed by atoms with Gasteiger partial charge in [-0.2, -0.15) is 9.29 Å². The summed E-state index contributed by atoms with van der Waals surface area (Å²) in [6.45, 7) is 6.95. The molecular weight excluding hydrogens is 397 g/mol. The molecule has 1 aromatic heterocycles. The molecule has 1 fully saturated rings. The molecule has 7 nitrogen and oxygen atoms in total. The summed E-state index contributed by atoms with van der Waals surface area (Å²) in [5.74, 6) is 1.21. The van der Waals surface area contributed by atoms with Crippen molar-refractivity contribution in [3.05, 3.63) is 41.3 Å². The van der Waals surface area contributed by atoms with Crippen LogP contribution in [0.15, 0.2) is 27.6 Å². The van der Waals surface area contributed by atoms with E-state index >= 15 is 0 Å². The van der Waals surface area contributed by atoms with E-state index in [2.05, 4.69) is 24.0 Å². The first-order valence-corrected chi connectivity index (χ1v) is 11.4. The van der Waals surface area contributed by atoms with E-state index in [1.807, 2.05) is 0 Å². The summed E-state index contributed by atoms with van der Waals surface area (Å²) in [5, 5.41) is 3.96. The summed E-state index contributed by atoms with van der Waals surface area (Å²) >= 11 is 0. The van der Waals surface area contributed by atoms with Gasteiger partial charge in [0.05, 0.1) is 17.6 Å². The maximum Gasteiger partial charge on any atom is 0.243 e. The standard InChI is InChI=1S/C20H28FN3O4S/c1-14(2)12-20-22-19(23-28-20)8-11-27-16-6-9-24(10-7-16)29(25,26)17-5-4-15(3)18(21)13-17/h4-5,13-14,16H,6-12H2,1-3H3. The first-order valence-electron chi connectivity index (χ1n) is 9.95. The summed E-state index contributed by atoms with van der Waals surface area (Å²) < 4.78 is 51.7. The molecule has 1 saturated heterocycles. The Bertz CT molecular complexity index is 922. The van der Waals surface area contributed by atoms with Gasteiger partial charge in [0.2, 0.25) is 15.9 Å². The normalized spacial score (nSPS) is 16.6. The summed E-state index contributed by atoms with van der Waals surface area (Å²) in [4.78, 5) is 4.34. The van der Waals surface area contributed by atoms with Gasteiger partial charge in [-0.25, -0.2) is 12.8 Å². The fourth-order valence-electron chi connectivity index (χ4n) is 3.26. The van der Waals surface area contributed by atoms with E-state index < -0.39 is 15.8 Å². The van der Waals surface area contributed by atoms with Gasteiger partial charge in [0.1, 0.15) is 5.82 Å². The Morgan fingerprint density at radius 2 is 2.03 bits per heavy atom. The molecule has 0 saturated carbocycles. The molecule has 2 heterocycles. The third-order valence-corrected chi connectivity index (χ3v) is 6.85. The van der Waals surface area contributed by atoms with E-state index in [0.29, 0.717) is 62.2 Å². The number of aryl methyl sites for hydroxylation is 1. The van der Waals surface area contributed by atoms with Crippen LogP contribution in [0, 0.1) is 18.7 Å². The van der Waals surface area contributed by atoms with Crippen LogP contribution in [0.3, 0.4) is 0 Å². The number of rotatable bonds is 8. The molecule has 1 aliphatic rings. The quantitative estimate of drug-likeness (QED) is 0.646. The molecule has 0 atom stereocenters. The van der Waals surface area contributed by atoms with Crippen LogP contribution in [0.5, 0.6) is 0 Å². The Labute approximate surface area is 171 Å². The van der Waals surface area contributed by atoms with Crippen LogP contribution in [-0.4, -0.2) is 48.7 Å². The molecule has 160 valence electrons. The Morgan fingerprint density at radius 1 is 1.31 bits per heavy atom. The summed E-state index contributed by atoms with van der Waals surface area (Å²) in [6, 6.07) is 4.03. The highest BCUT2D eigenvalue weighted by Crippen LogP contribution is 2.23. The number of ether oxygens (including phenoxy) is 1.